The minimum absolute atomic E-state index is 0.0708. The Morgan fingerprint density at radius 3 is 2.17 bits per heavy atom. The van der Waals surface area contributed by atoms with Gasteiger partial charge in [0.2, 0.25) is 5.91 Å². The molecule has 1 aliphatic heterocycles. The number of piperidine rings is 1. The second-order valence-corrected chi connectivity index (χ2v) is 9.63. The number of likely N-dealkylation sites (tertiary alicyclic amines) is 1. The van der Waals surface area contributed by atoms with Crippen LogP contribution in [0.15, 0.2) is 24.3 Å². The van der Waals surface area contributed by atoms with E-state index in [2.05, 4.69) is 10.2 Å². The zero-order valence-corrected chi connectivity index (χ0v) is 18.0. The van der Waals surface area contributed by atoms with Crippen LogP contribution in [0.4, 0.5) is 4.39 Å². The Morgan fingerprint density at radius 2 is 1.57 bits per heavy atom. The van der Waals surface area contributed by atoms with Gasteiger partial charge in [-0.2, -0.15) is 0 Å². The predicted molar refractivity (Wildman–Crippen MR) is 116 cm³/mol. The monoisotopic (exact) mass is 414 g/mol. The van der Waals surface area contributed by atoms with Crippen molar-refractivity contribution in [3.05, 3.63) is 35.6 Å². The van der Waals surface area contributed by atoms with E-state index in [4.69, 9.17) is 0 Å². The number of amides is 1. The highest BCUT2D eigenvalue weighted by molar-refractivity contribution is 5.97. The van der Waals surface area contributed by atoms with Gasteiger partial charge < -0.3 is 10.2 Å². The number of nitrogens with one attached hydrogen (secondary N) is 1. The van der Waals surface area contributed by atoms with Crippen molar-refractivity contribution in [2.24, 2.45) is 17.8 Å². The van der Waals surface area contributed by atoms with Crippen molar-refractivity contribution >= 4 is 11.7 Å². The third kappa shape index (κ3) is 5.48. The van der Waals surface area contributed by atoms with Gasteiger partial charge in [-0.05, 0) is 108 Å². The van der Waals surface area contributed by atoms with E-state index >= 15 is 0 Å². The van der Waals surface area contributed by atoms with Crippen molar-refractivity contribution in [2.75, 3.05) is 19.6 Å². The van der Waals surface area contributed by atoms with E-state index in [9.17, 15) is 14.0 Å². The highest BCUT2D eigenvalue weighted by atomic mass is 19.1. The fraction of sp³-hybridized carbons (Fsp3) is 0.680. The summed E-state index contributed by atoms with van der Waals surface area (Å²) in [6.45, 7) is 3.07. The number of rotatable bonds is 7. The fourth-order valence-electron chi connectivity index (χ4n) is 5.22. The molecule has 3 aliphatic rings. The summed E-state index contributed by atoms with van der Waals surface area (Å²) >= 11 is 0. The zero-order valence-electron chi connectivity index (χ0n) is 18.0. The summed E-state index contributed by atoms with van der Waals surface area (Å²) in [5.74, 6) is 1.29. The molecule has 1 aromatic rings. The number of carbonyl (C=O) groups excluding carboxylic acids is 2. The molecule has 4 nitrogen and oxygen atoms in total. The minimum Gasteiger partial charge on any atom is -0.353 e. The van der Waals surface area contributed by atoms with Crippen LogP contribution in [0.5, 0.6) is 0 Å². The molecule has 1 aromatic carbocycles. The van der Waals surface area contributed by atoms with Crippen molar-refractivity contribution in [1.82, 2.24) is 10.2 Å². The van der Waals surface area contributed by atoms with Crippen LogP contribution in [0.1, 0.15) is 74.6 Å². The van der Waals surface area contributed by atoms with E-state index in [1.165, 1.54) is 37.8 Å². The lowest BCUT2D eigenvalue weighted by Crippen LogP contribution is -2.43. The van der Waals surface area contributed by atoms with Crippen LogP contribution >= 0.6 is 0 Å². The fourth-order valence-corrected chi connectivity index (χ4v) is 5.22. The standard InChI is InChI=1S/C25H35FN2O2/c26-22-8-6-19(7-9-22)24(29)20-13-16-28(17-14-20)15-12-18-4-10-23(11-5-18)27-25(30)21-2-1-3-21/h6-9,18,20-21,23H,1-5,10-17H2,(H,27,30)/t18-,23-. The Labute approximate surface area is 179 Å². The first-order valence-electron chi connectivity index (χ1n) is 11.9. The topological polar surface area (TPSA) is 49.4 Å². The number of carbonyl (C=O) groups is 2. The molecule has 1 saturated heterocycles. The van der Waals surface area contributed by atoms with Crippen LogP contribution in [-0.4, -0.2) is 42.3 Å². The van der Waals surface area contributed by atoms with Gasteiger partial charge >= 0.3 is 0 Å². The molecular weight excluding hydrogens is 379 g/mol. The summed E-state index contributed by atoms with van der Waals surface area (Å²) < 4.78 is 13.1. The second kappa shape index (κ2) is 10.0. The molecule has 0 radical (unpaired) electrons. The normalized spacial score (nSPS) is 26.2. The van der Waals surface area contributed by atoms with Gasteiger partial charge in [0.15, 0.2) is 5.78 Å². The minimum atomic E-state index is -0.295. The van der Waals surface area contributed by atoms with E-state index in [-0.39, 0.29) is 17.5 Å². The summed E-state index contributed by atoms with van der Waals surface area (Å²) in [4.78, 5) is 27.3. The molecule has 5 heteroatoms. The Balaban J connectivity index is 1.12. The summed E-state index contributed by atoms with van der Waals surface area (Å²) in [7, 11) is 0. The summed E-state index contributed by atoms with van der Waals surface area (Å²) in [5, 5.41) is 3.28. The van der Waals surface area contributed by atoms with Crippen LogP contribution in [0, 0.1) is 23.6 Å². The van der Waals surface area contributed by atoms with Crippen molar-refractivity contribution in [2.45, 2.75) is 70.3 Å². The largest absolute Gasteiger partial charge is 0.353 e. The second-order valence-electron chi connectivity index (χ2n) is 9.63. The SMILES string of the molecule is O=C(N[C@H]1CC[C@H](CCN2CCC(C(=O)c3ccc(F)cc3)CC2)CC1)C1CCC1. The highest BCUT2D eigenvalue weighted by Gasteiger charge is 2.30. The summed E-state index contributed by atoms with van der Waals surface area (Å²) in [6, 6.07) is 6.35. The van der Waals surface area contributed by atoms with Crippen LogP contribution in [0.3, 0.4) is 0 Å². The van der Waals surface area contributed by atoms with Crippen LogP contribution < -0.4 is 5.32 Å². The molecule has 0 aromatic heterocycles. The molecule has 4 rings (SSSR count). The number of benzene rings is 1. The average Bonchev–Trinajstić information content (AvgIpc) is 2.72. The first-order valence-corrected chi connectivity index (χ1v) is 11.9. The van der Waals surface area contributed by atoms with Crippen molar-refractivity contribution in [3.63, 3.8) is 0 Å². The highest BCUT2D eigenvalue weighted by Crippen LogP contribution is 2.30. The molecule has 1 heterocycles. The molecule has 1 amide bonds. The maximum Gasteiger partial charge on any atom is 0.223 e. The van der Waals surface area contributed by atoms with Gasteiger partial charge in [-0.25, -0.2) is 4.39 Å². The Hall–Kier alpha value is -1.75. The van der Waals surface area contributed by atoms with Crippen LogP contribution in [0.2, 0.25) is 0 Å². The maximum atomic E-state index is 13.1. The summed E-state index contributed by atoms with van der Waals surface area (Å²) in [5.41, 5.74) is 0.635. The van der Waals surface area contributed by atoms with Crippen LogP contribution in [0.25, 0.3) is 0 Å². The number of halogens is 1. The molecule has 0 unspecified atom stereocenters. The van der Waals surface area contributed by atoms with Gasteiger partial charge in [0.05, 0.1) is 0 Å². The Kier molecular flexibility index (Phi) is 7.19. The lowest BCUT2D eigenvalue weighted by Gasteiger charge is -2.34. The van der Waals surface area contributed by atoms with Crippen molar-refractivity contribution in [3.8, 4) is 0 Å². The molecule has 0 spiro atoms. The van der Waals surface area contributed by atoms with E-state index in [1.54, 1.807) is 12.1 Å². The molecule has 164 valence electrons. The quantitative estimate of drug-likeness (QED) is 0.664. The lowest BCUT2D eigenvalue weighted by atomic mass is 9.82. The third-order valence-corrected chi connectivity index (χ3v) is 7.61. The van der Waals surface area contributed by atoms with E-state index in [0.717, 1.165) is 64.1 Å². The average molecular weight is 415 g/mol. The first kappa shape index (κ1) is 21.5. The van der Waals surface area contributed by atoms with Crippen LogP contribution in [-0.2, 0) is 4.79 Å². The summed E-state index contributed by atoms with van der Waals surface area (Å²) in [6.07, 6.45) is 11.1. The number of hydrogen-bond acceptors (Lipinski definition) is 3. The number of ketones is 1. The maximum absolute atomic E-state index is 13.1. The number of hydrogen-bond donors (Lipinski definition) is 1. The van der Waals surface area contributed by atoms with Crippen molar-refractivity contribution < 1.29 is 14.0 Å². The molecule has 1 N–H and O–H groups in total. The molecular formula is C25H35FN2O2. The number of Topliss-reactive ketones (excluding diaryl/α,β-unsaturated/α-hetero) is 1. The Bertz CT molecular complexity index is 715. The van der Waals surface area contributed by atoms with Crippen molar-refractivity contribution in [1.29, 1.82) is 0 Å². The molecule has 2 aliphatic carbocycles. The van der Waals surface area contributed by atoms with Gasteiger partial charge in [0.1, 0.15) is 5.82 Å². The predicted octanol–water partition coefficient (Wildman–Crippen LogP) is 4.59. The zero-order chi connectivity index (χ0) is 20.9. The Morgan fingerprint density at radius 1 is 0.900 bits per heavy atom. The molecule has 30 heavy (non-hydrogen) atoms. The van der Waals surface area contributed by atoms with E-state index in [0.29, 0.717) is 23.4 Å². The van der Waals surface area contributed by atoms with Gasteiger partial charge in [-0.3, -0.25) is 9.59 Å². The van der Waals surface area contributed by atoms with Gasteiger partial charge in [-0.1, -0.05) is 6.42 Å². The molecule has 0 atom stereocenters. The molecule has 2 saturated carbocycles. The first-order chi connectivity index (χ1) is 14.6. The van der Waals surface area contributed by atoms with Gasteiger partial charge in [-0.15, -0.1) is 0 Å². The smallest absolute Gasteiger partial charge is 0.223 e. The lowest BCUT2D eigenvalue weighted by molar-refractivity contribution is -0.128. The molecule has 3 fully saturated rings. The van der Waals surface area contributed by atoms with E-state index in [1.807, 2.05) is 0 Å². The molecule has 0 bridgehead atoms. The third-order valence-electron chi connectivity index (χ3n) is 7.61. The van der Waals surface area contributed by atoms with E-state index < -0.39 is 0 Å². The van der Waals surface area contributed by atoms with Gasteiger partial charge in [0.25, 0.3) is 0 Å². The number of nitrogens with zero attached hydrogens (tertiary/aromatic N) is 1. The van der Waals surface area contributed by atoms with Gasteiger partial charge in [0, 0.05) is 23.4 Å².